The average molecular weight is 283 g/mol. The molecule has 0 heterocycles. The maximum atomic E-state index is 9.07. The van der Waals surface area contributed by atoms with Crippen molar-refractivity contribution in [1.82, 2.24) is 0 Å². The number of phenols is 1. The van der Waals surface area contributed by atoms with Crippen molar-refractivity contribution in [3.05, 3.63) is 75.8 Å². The number of fused-ring (bicyclic) bond motifs is 2. The molecule has 20 heavy (non-hydrogen) atoms. The van der Waals surface area contributed by atoms with Crippen LogP contribution in [0.3, 0.4) is 0 Å². The lowest BCUT2D eigenvalue weighted by Gasteiger charge is -1.97. The molecule has 0 saturated heterocycles. The molecule has 0 unspecified atom stereocenters. The number of phenolic OH excluding ortho intramolecular Hbond substituents is 1. The molecule has 0 aliphatic heterocycles. The third kappa shape index (κ3) is 2.78. The van der Waals surface area contributed by atoms with E-state index in [1.165, 1.54) is 22.3 Å². The second-order valence-electron chi connectivity index (χ2n) is 4.94. The first-order chi connectivity index (χ1) is 9.72. The number of rotatable bonds is 0. The van der Waals surface area contributed by atoms with Crippen LogP contribution in [0.25, 0.3) is 12.2 Å². The van der Waals surface area contributed by atoms with Crippen molar-refractivity contribution in [2.45, 2.75) is 12.8 Å². The van der Waals surface area contributed by atoms with Crippen LogP contribution >= 0.6 is 11.6 Å². The molecule has 1 nitrogen and oxygen atoms in total. The van der Waals surface area contributed by atoms with Gasteiger partial charge in [0.25, 0.3) is 0 Å². The first-order valence-corrected chi connectivity index (χ1v) is 7.03. The molecule has 0 aromatic heterocycles. The molecule has 0 bridgehead atoms. The predicted molar refractivity (Wildman–Crippen MR) is 85.0 cm³/mol. The fraction of sp³-hybridized carbons (Fsp3) is 0.111. The lowest BCUT2D eigenvalue weighted by molar-refractivity contribution is 0.475. The molecular weight excluding hydrogens is 268 g/mol. The van der Waals surface area contributed by atoms with Crippen LogP contribution in [0.1, 0.15) is 22.3 Å². The number of allylic oxidation sites excluding steroid dienone is 2. The van der Waals surface area contributed by atoms with Crippen LogP contribution in [0, 0.1) is 0 Å². The average Bonchev–Trinajstić information content (AvgIpc) is 3.06. The second kappa shape index (κ2) is 5.56. The summed E-state index contributed by atoms with van der Waals surface area (Å²) in [6.07, 6.45) is 10.5. The molecule has 2 heteroatoms. The first-order valence-electron chi connectivity index (χ1n) is 6.66. The molecule has 2 aliphatic carbocycles. The lowest BCUT2D eigenvalue weighted by atomic mass is 10.1. The summed E-state index contributed by atoms with van der Waals surface area (Å²) in [4.78, 5) is 0. The number of benzene rings is 2. The van der Waals surface area contributed by atoms with Gasteiger partial charge in [0.1, 0.15) is 5.75 Å². The second-order valence-corrected chi connectivity index (χ2v) is 5.38. The maximum Gasteiger partial charge on any atom is 0.115 e. The summed E-state index contributed by atoms with van der Waals surface area (Å²) < 4.78 is 0. The van der Waals surface area contributed by atoms with Crippen LogP contribution < -0.4 is 0 Å². The van der Waals surface area contributed by atoms with Crippen LogP contribution in [0.15, 0.2) is 48.6 Å². The van der Waals surface area contributed by atoms with Gasteiger partial charge >= 0.3 is 0 Å². The number of halogens is 1. The summed E-state index contributed by atoms with van der Waals surface area (Å²) in [5.41, 5.74) is 5.11. The minimum atomic E-state index is 0.363. The van der Waals surface area contributed by atoms with Crippen molar-refractivity contribution in [2.24, 2.45) is 0 Å². The highest BCUT2D eigenvalue weighted by atomic mass is 35.5. The van der Waals surface area contributed by atoms with Crippen LogP contribution in [0.4, 0.5) is 0 Å². The van der Waals surface area contributed by atoms with E-state index in [9.17, 15) is 0 Å². The largest absolute Gasteiger partial charge is 0.508 e. The van der Waals surface area contributed by atoms with Gasteiger partial charge in [-0.25, -0.2) is 0 Å². The topological polar surface area (TPSA) is 20.2 Å². The van der Waals surface area contributed by atoms with Crippen LogP contribution in [0.5, 0.6) is 5.75 Å². The molecule has 2 aliphatic rings. The molecule has 0 saturated carbocycles. The monoisotopic (exact) mass is 282 g/mol. The van der Waals surface area contributed by atoms with Crippen LogP contribution in [-0.4, -0.2) is 5.11 Å². The Balaban J connectivity index is 0.000000121. The number of aromatic hydroxyl groups is 1. The third-order valence-corrected chi connectivity index (χ3v) is 3.74. The summed E-state index contributed by atoms with van der Waals surface area (Å²) in [7, 11) is 0. The van der Waals surface area contributed by atoms with Crippen LogP contribution in [0.2, 0.25) is 5.02 Å². The fourth-order valence-electron chi connectivity index (χ4n) is 2.47. The highest BCUT2D eigenvalue weighted by Crippen LogP contribution is 2.23. The van der Waals surface area contributed by atoms with E-state index in [-0.39, 0.29) is 0 Å². The minimum Gasteiger partial charge on any atom is -0.508 e. The van der Waals surface area contributed by atoms with Crippen molar-refractivity contribution < 1.29 is 5.11 Å². The zero-order valence-electron chi connectivity index (χ0n) is 11.0. The van der Waals surface area contributed by atoms with Gasteiger partial charge in [-0.15, -0.1) is 0 Å². The van der Waals surface area contributed by atoms with Crippen molar-refractivity contribution in [2.75, 3.05) is 0 Å². The Hall–Kier alpha value is -1.99. The Bertz CT molecular complexity index is 637. The first kappa shape index (κ1) is 13.0. The highest BCUT2D eigenvalue weighted by Gasteiger charge is 2.04. The zero-order chi connectivity index (χ0) is 13.9. The summed E-state index contributed by atoms with van der Waals surface area (Å²) in [5.74, 6) is 0.363. The predicted octanol–water partition coefficient (Wildman–Crippen LogP) is 4.87. The van der Waals surface area contributed by atoms with E-state index in [0.717, 1.165) is 17.9 Å². The third-order valence-electron chi connectivity index (χ3n) is 3.50. The van der Waals surface area contributed by atoms with E-state index in [4.69, 9.17) is 16.7 Å². The van der Waals surface area contributed by atoms with Gasteiger partial charge in [0.15, 0.2) is 0 Å². The van der Waals surface area contributed by atoms with Gasteiger partial charge in [-0.1, -0.05) is 48.0 Å². The fourth-order valence-corrected chi connectivity index (χ4v) is 2.67. The Morgan fingerprint density at radius 2 is 1.40 bits per heavy atom. The molecule has 0 fully saturated rings. The van der Waals surface area contributed by atoms with E-state index in [1.54, 1.807) is 6.07 Å². The van der Waals surface area contributed by atoms with E-state index in [2.05, 4.69) is 30.4 Å². The van der Waals surface area contributed by atoms with Gasteiger partial charge < -0.3 is 5.11 Å². The molecule has 0 spiro atoms. The van der Waals surface area contributed by atoms with Gasteiger partial charge in [-0.2, -0.15) is 0 Å². The van der Waals surface area contributed by atoms with Gasteiger partial charge in [0.2, 0.25) is 0 Å². The highest BCUT2D eigenvalue weighted by molar-refractivity contribution is 6.30. The summed E-state index contributed by atoms with van der Waals surface area (Å²) in [6.45, 7) is 0. The molecule has 100 valence electrons. The van der Waals surface area contributed by atoms with Crippen molar-refractivity contribution in [3.8, 4) is 5.75 Å². The van der Waals surface area contributed by atoms with Crippen molar-refractivity contribution >= 4 is 23.8 Å². The van der Waals surface area contributed by atoms with E-state index < -0.39 is 0 Å². The van der Waals surface area contributed by atoms with E-state index >= 15 is 0 Å². The Labute approximate surface area is 123 Å². The van der Waals surface area contributed by atoms with Crippen LogP contribution in [-0.2, 0) is 12.8 Å². The van der Waals surface area contributed by atoms with Crippen molar-refractivity contribution in [3.63, 3.8) is 0 Å². The number of hydrogen-bond acceptors (Lipinski definition) is 1. The normalized spacial score (nSPS) is 13.7. The minimum absolute atomic E-state index is 0.363. The number of hydrogen-bond donors (Lipinski definition) is 1. The van der Waals surface area contributed by atoms with Crippen molar-refractivity contribution in [1.29, 1.82) is 0 Å². The molecule has 2 aromatic rings. The smallest absolute Gasteiger partial charge is 0.115 e. The lowest BCUT2D eigenvalue weighted by Crippen LogP contribution is -1.79. The SMILES string of the molecule is Clc1ccc2c(c1)CC=C2.Oc1ccc2c(c1)CC=C2. The molecule has 0 atom stereocenters. The Morgan fingerprint density at radius 1 is 0.800 bits per heavy atom. The van der Waals surface area contributed by atoms with Gasteiger partial charge in [-0.3, -0.25) is 0 Å². The molecule has 1 N–H and O–H groups in total. The Kier molecular flexibility index (Phi) is 3.62. The van der Waals surface area contributed by atoms with Gasteiger partial charge in [0.05, 0.1) is 0 Å². The summed E-state index contributed by atoms with van der Waals surface area (Å²) in [5, 5.41) is 9.90. The van der Waals surface area contributed by atoms with E-state index in [0.29, 0.717) is 5.75 Å². The summed E-state index contributed by atoms with van der Waals surface area (Å²) in [6, 6.07) is 11.5. The maximum absolute atomic E-state index is 9.07. The quantitative estimate of drug-likeness (QED) is 0.731. The molecule has 0 amide bonds. The van der Waals surface area contributed by atoms with Gasteiger partial charge in [-0.05, 0) is 59.4 Å². The molecular formula is C18H15ClO. The zero-order valence-corrected chi connectivity index (χ0v) is 11.8. The summed E-state index contributed by atoms with van der Waals surface area (Å²) >= 11 is 5.80. The molecule has 2 aromatic carbocycles. The van der Waals surface area contributed by atoms with Gasteiger partial charge in [0, 0.05) is 5.02 Å². The standard InChI is InChI=1S/C9H7Cl.C9H8O/c2*10-9-5-4-7-2-1-3-8(7)6-9/h1-2,4-6H,3H2;1-2,4-6,10H,3H2. The Morgan fingerprint density at radius 3 is 2.10 bits per heavy atom. The molecule has 0 radical (unpaired) electrons. The molecule has 4 rings (SSSR count). The van der Waals surface area contributed by atoms with E-state index in [1.807, 2.05) is 24.3 Å².